The zero-order valence-electron chi connectivity index (χ0n) is 17.6. The highest BCUT2D eigenvalue weighted by Gasteiger charge is 2.45. The zero-order chi connectivity index (χ0) is 17.6. The van der Waals surface area contributed by atoms with Crippen LogP contribution in [-0.2, 0) is 0 Å². The highest BCUT2D eigenvalue weighted by atomic mass is 14.5. The summed E-state index contributed by atoms with van der Waals surface area (Å²) in [5.74, 6) is 3.93. The van der Waals surface area contributed by atoms with Gasteiger partial charge in [0.15, 0.2) is 0 Å². The minimum absolute atomic E-state index is 0.353. The molecule has 0 heteroatoms. The van der Waals surface area contributed by atoms with Crippen LogP contribution in [0.25, 0.3) is 0 Å². The molecule has 0 bridgehead atoms. The second-order valence-electron chi connectivity index (χ2n) is 8.85. The summed E-state index contributed by atoms with van der Waals surface area (Å²) >= 11 is 0. The van der Waals surface area contributed by atoms with Gasteiger partial charge in [0.25, 0.3) is 0 Å². The summed E-state index contributed by atoms with van der Waals surface area (Å²) in [7, 11) is 0. The number of hydrogen-bond acceptors (Lipinski definition) is 0. The first-order chi connectivity index (χ1) is 9.37. The van der Waals surface area contributed by atoms with Crippen molar-refractivity contribution in [2.24, 2.45) is 40.4 Å². The fourth-order valence-electron chi connectivity index (χ4n) is 3.57. The second-order valence-corrected chi connectivity index (χ2v) is 8.85. The Balaban J connectivity index is 0. The standard InChI is InChI=1S/C19H40.C2H6/c1-12-14(4)17(16(6)15(5)13(2)3)19(10,11)18(7,8)9;1-2/h13-17H,12H2,1-11H3;1-2H3. The Morgan fingerprint density at radius 2 is 1.10 bits per heavy atom. The number of hydrogen-bond donors (Lipinski definition) is 0. The molecule has 0 amide bonds. The molecule has 130 valence electrons. The molecule has 0 aliphatic rings. The number of rotatable bonds is 6. The van der Waals surface area contributed by atoms with Crippen LogP contribution < -0.4 is 0 Å². The molecule has 0 fully saturated rings. The van der Waals surface area contributed by atoms with Crippen molar-refractivity contribution >= 4 is 0 Å². The molecule has 0 aromatic rings. The van der Waals surface area contributed by atoms with Crippen molar-refractivity contribution in [3.63, 3.8) is 0 Å². The van der Waals surface area contributed by atoms with Gasteiger partial charge in [-0.3, -0.25) is 0 Å². The van der Waals surface area contributed by atoms with E-state index in [-0.39, 0.29) is 0 Å². The van der Waals surface area contributed by atoms with Crippen molar-refractivity contribution in [1.82, 2.24) is 0 Å². The molecule has 0 aromatic carbocycles. The molecule has 0 heterocycles. The molecule has 4 unspecified atom stereocenters. The lowest BCUT2D eigenvalue weighted by Gasteiger charge is -2.51. The Hall–Kier alpha value is 0. The van der Waals surface area contributed by atoms with Gasteiger partial charge in [-0.05, 0) is 40.4 Å². The summed E-state index contributed by atoms with van der Waals surface area (Å²) in [5, 5.41) is 0. The first-order valence-electron chi connectivity index (χ1n) is 9.37. The molecule has 0 N–H and O–H groups in total. The third-order valence-corrected chi connectivity index (χ3v) is 6.47. The summed E-state index contributed by atoms with van der Waals surface area (Å²) in [6.45, 7) is 30.7. The van der Waals surface area contributed by atoms with Gasteiger partial charge in [0, 0.05) is 0 Å². The largest absolute Gasteiger partial charge is 0.0683 e. The van der Waals surface area contributed by atoms with E-state index < -0.39 is 0 Å². The Bertz CT molecular complexity index is 254. The van der Waals surface area contributed by atoms with E-state index >= 15 is 0 Å². The molecule has 0 spiro atoms. The lowest BCUT2D eigenvalue weighted by Crippen LogP contribution is -2.45. The van der Waals surface area contributed by atoms with E-state index in [1.807, 2.05) is 13.8 Å². The van der Waals surface area contributed by atoms with Gasteiger partial charge in [-0.15, -0.1) is 0 Å². The minimum Gasteiger partial charge on any atom is -0.0683 e. The molecule has 0 aliphatic carbocycles. The smallest absolute Gasteiger partial charge is 0.0272 e. The van der Waals surface area contributed by atoms with E-state index in [0.717, 1.165) is 29.6 Å². The summed E-state index contributed by atoms with van der Waals surface area (Å²) in [6.07, 6.45) is 1.29. The lowest BCUT2D eigenvalue weighted by atomic mass is 9.53. The normalized spacial score (nSPS) is 18.6. The first-order valence-corrected chi connectivity index (χ1v) is 9.37. The molecule has 0 saturated heterocycles. The Morgan fingerprint density at radius 3 is 1.33 bits per heavy atom. The van der Waals surface area contributed by atoms with Crippen LogP contribution in [-0.4, -0.2) is 0 Å². The third-order valence-electron chi connectivity index (χ3n) is 6.47. The zero-order valence-corrected chi connectivity index (χ0v) is 17.6. The van der Waals surface area contributed by atoms with Crippen molar-refractivity contribution in [2.75, 3.05) is 0 Å². The quantitative estimate of drug-likeness (QED) is 0.472. The molecule has 0 aromatic heterocycles. The maximum absolute atomic E-state index is 2.50. The Labute approximate surface area is 137 Å². The topological polar surface area (TPSA) is 0 Å². The summed E-state index contributed by atoms with van der Waals surface area (Å²) < 4.78 is 0. The van der Waals surface area contributed by atoms with Crippen molar-refractivity contribution in [3.05, 3.63) is 0 Å². The van der Waals surface area contributed by atoms with E-state index in [0.29, 0.717) is 10.8 Å². The third kappa shape index (κ3) is 5.95. The molecule has 4 atom stereocenters. The van der Waals surface area contributed by atoms with Crippen LogP contribution in [0, 0.1) is 40.4 Å². The molecule has 0 saturated carbocycles. The van der Waals surface area contributed by atoms with Gasteiger partial charge in [-0.1, -0.05) is 96.4 Å². The van der Waals surface area contributed by atoms with Crippen molar-refractivity contribution in [1.29, 1.82) is 0 Å². The molecule has 0 aliphatic heterocycles. The molecular weight excluding hydrogens is 252 g/mol. The first kappa shape index (κ1) is 23.3. The molecule has 21 heavy (non-hydrogen) atoms. The van der Waals surface area contributed by atoms with Gasteiger partial charge in [-0.2, -0.15) is 0 Å². The summed E-state index contributed by atoms with van der Waals surface area (Å²) in [6, 6.07) is 0. The van der Waals surface area contributed by atoms with Gasteiger partial charge < -0.3 is 0 Å². The van der Waals surface area contributed by atoms with Gasteiger partial charge in [-0.25, -0.2) is 0 Å². The van der Waals surface area contributed by atoms with Gasteiger partial charge in [0.1, 0.15) is 0 Å². The van der Waals surface area contributed by atoms with Crippen LogP contribution in [0.1, 0.15) is 96.4 Å². The summed E-state index contributed by atoms with van der Waals surface area (Å²) in [5.41, 5.74) is 0.719. The maximum atomic E-state index is 2.50. The van der Waals surface area contributed by atoms with Crippen LogP contribution in [0.5, 0.6) is 0 Å². The SMILES string of the molecule is CC.CCC(C)C(C(C)C(C)C(C)C)C(C)(C)C(C)(C)C. The average Bonchev–Trinajstić information content (AvgIpc) is 2.38. The van der Waals surface area contributed by atoms with Gasteiger partial charge in [0.2, 0.25) is 0 Å². The minimum atomic E-state index is 0.353. The molecule has 0 nitrogen and oxygen atoms in total. The van der Waals surface area contributed by atoms with E-state index in [1.165, 1.54) is 6.42 Å². The lowest BCUT2D eigenvalue weighted by molar-refractivity contribution is -0.0293. The molecule has 0 rings (SSSR count). The van der Waals surface area contributed by atoms with E-state index in [9.17, 15) is 0 Å². The Morgan fingerprint density at radius 1 is 0.714 bits per heavy atom. The van der Waals surface area contributed by atoms with Gasteiger partial charge in [0.05, 0.1) is 0 Å². The van der Waals surface area contributed by atoms with E-state index in [4.69, 9.17) is 0 Å². The average molecular weight is 299 g/mol. The highest BCUT2D eigenvalue weighted by Crippen LogP contribution is 2.52. The molecule has 0 radical (unpaired) electrons. The molecular formula is C21H46. The van der Waals surface area contributed by atoms with Gasteiger partial charge >= 0.3 is 0 Å². The van der Waals surface area contributed by atoms with Crippen LogP contribution in [0.4, 0.5) is 0 Å². The fraction of sp³-hybridized carbons (Fsp3) is 1.00. The van der Waals surface area contributed by atoms with Crippen molar-refractivity contribution < 1.29 is 0 Å². The van der Waals surface area contributed by atoms with Crippen molar-refractivity contribution in [2.45, 2.75) is 96.4 Å². The predicted octanol–water partition coefficient (Wildman–Crippen LogP) is 7.68. The monoisotopic (exact) mass is 298 g/mol. The Kier molecular flexibility index (Phi) is 10.2. The summed E-state index contributed by atoms with van der Waals surface area (Å²) in [4.78, 5) is 0. The maximum Gasteiger partial charge on any atom is -0.0272 e. The van der Waals surface area contributed by atoms with Crippen molar-refractivity contribution in [3.8, 4) is 0 Å². The fourth-order valence-corrected chi connectivity index (χ4v) is 3.57. The van der Waals surface area contributed by atoms with Crippen LogP contribution in [0.3, 0.4) is 0 Å². The predicted molar refractivity (Wildman–Crippen MR) is 101 cm³/mol. The van der Waals surface area contributed by atoms with Crippen LogP contribution in [0.2, 0.25) is 0 Å². The van der Waals surface area contributed by atoms with E-state index in [1.54, 1.807) is 0 Å². The van der Waals surface area contributed by atoms with Crippen LogP contribution >= 0.6 is 0 Å². The highest BCUT2D eigenvalue weighted by molar-refractivity contribution is 4.94. The van der Waals surface area contributed by atoms with Crippen LogP contribution in [0.15, 0.2) is 0 Å². The second kappa shape index (κ2) is 9.21. The van der Waals surface area contributed by atoms with E-state index in [2.05, 4.69) is 76.2 Å².